The van der Waals surface area contributed by atoms with Gasteiger partial charge in [0.05, 0.1) is 6.54 Å². The van der Waals surface area contributed by atoms with Gasteiger partial charge in [-0.3, -0.25) is 9.69 Å². The van der Waals surface area contributed by atoms with Crippen molar-refractivity contribution in [1.82, 2.24) is 9.80 Å². The van der Waals surface area contributed by atoms with Gasteiger partial charge in [0.1, 0.15) is 0 Å². The molecule has 5 heteroatoms. The Balaban J connectivity index is 1.80. The van der Waals surface area contributed by atoms with Crippen molar-refractivity contribution in [3.63, 3.8) is 0 Å². The van der Waals surface area contributed by atoms with E-state index in [-0.39, 0.29) is 5.91 Å². The van der Waals surface area contributed by atoms with Crippen LogP contribution in [0.25, 0.3) is 0 Å². The van der Waals surface area contributed by atoms with Crippen LogP contribution in [0, 0.1) is 0 Å². The van der Waals surface area contributed by atoms with Crippen LogP contribution in [0.2, 0.25) is 0 Å². The van der Waals surface area contributed by atoms with E-state index in [2.05, 4.69) is 32.2 Å². The van der Waals surface area contributed by atoms with Gasteiger partial charge in [-0.25, -0.2) is 0 Å². The molecule has 0 aliphatic carbocycles. The Morgan fingerprint density at radius 3 is 2.60 bits per heavy atom. The molecule has 0 aromatic heterocycles. The number of nitrogens with zero attached hydrogens (tertiary/aromatic N) is 2. The van der Waals surface area contributed by atoms with E-state index in [0.29, 0.717) is 12.6 Å². The summed E-state index contributed by atoms with van der Waals surface area (Å²) in [4.78, 5) is 15.6. The number of nitrogens with one attached hydrogen (secondary N) is 1. The van der Waals surface area contributed by atoms with E-state index in [0.717, 1.165) is 36.1 Å². The molecular formula is C15H22BrN3O. The molecule has 2 rings (SSSR count). The number of anilines is 1. The third kappa shape index (κ3) is 4.21. The van der Waals surface area contributed by atoms with E-state index >= 15 is 0 Å². The molecule has 1 aliphatic heterocycles. The van der Waals surface area contributed by atoms with Gasteiger partial charge in [0, 0.05) is 43.4 Å². The highest BCUT2D eigenvalue weighted by atomic mass is 79.9. The Bertz CT molecular complexity index is 456. The standard InChI is InChI=1S/C15H22BrN3O/c1-18(2)15(20)11-19-9-7-12(8-10-19)17-14-6-4-3-5-13(14)16/h3-6,12,17H,7-11H2,1-2H3. The van der Waals surface area contributed by atoms with Crippen molar-refractivity contribution in [2.24, 2.45) is 0 Å². The van der Waals surface area contributed by atoms with Crippen molar-refractivity contribution in [3.8, 4) is 0 Å². The molecule has 1 aromatic rings. The molecule has 1 aliphatic rings. The Kier molecular flexibility index (Phi) is 5.43. The highest BCUT2D eigenvalue weighted by molar-refractivity contribution is 9.10. The van der Waals surface area contributed by atoms with Gasteiger partial charge in [-0.05, 0) is 40.9 Å². The zero-order valence-electron chi connectivity index (χ0n) is 12.1. The minimum Gasteiger partial charge on any atom is -0.381 e. The number of rotatable bonds is 4. The Morgan fingerprint density at radius 2 is 2.00 bits per heavy atom. The molecule has 0 spiro atoms. The van der Waals surface area contributed by atoms with Crippen molar-refractivity contribution in [3.05, 3.63) is 28.7 Å². The number of hydrogen-bond donors (Lipinski definition) is 1. The van der Waals surface area contributed by atoms with Gasteiger partial charge >= 0.3 is 0 Å². The third-order valence-electron chi connectivity index (χ3n) is 3.68. The topological polar surface area (TPSA) is 35.6 Å². The first-order valence-corrected chi connectivity index (χ1v) is 7.79. The molecule has 110 valence electrons. The minimum absolute atomic E-state index is 0.183. The van der Waals surface area contributed by atoms with Crippen LogP contribution < -0.4 is 5.32 Å². The second kappa shape index (κ2) is 7.09. The molecule has 20 heavy (non-hydrogen) atoms. The lowest BCUT2D eigenvalue weighted by atomic mass is 10.0. The maximum absolute atomic E-state index is 11.7. The van der Waals surface area contributed by atoms with Crippen LogP contribution in [0.4, 0.5) is 5.69 Å². The number of piperidine rings is 1. The zero-order valence-corrected chi connectivity index (χ0v) is 13.7. The smallest absolute Gasteiger partial charge is 0.236 e. The van der Waals surface area contributed by atoms with Gasteiger partial charge in [-0.15, -0.1) is 0 Å². The van der Waals surface area contributed by atoms with Crippen molar-refractivity contribution in [2.75, 3.05) is 39.0 Å². The minimum atomic E-state index is 0.183. The monoisotopic (exact) mass is 339 g/mol. The molecule has 1 aromatic carbocycles. The number of likely N-dealkylation sites (tertiary alicyclic amines) is 1. The highest BCUT2D eigenvalue weighted by Gasteiger charge is 2.21. The summed E-state index contributed by atoms with van der Waals surface area (Å²) in [6, 6.07) is 8.68. The molecule has 0 bridgehead atoms. The van der Waals surface area contributed by atoms with Crippen LogP contribution in [0.15, 0.2) is 28.7 Å². The van der Waals surface area contributed by atoms with E-state index < -0.39 is 0 Å². The molecular weight excluding hydrogens is 318 g/mol. The number of likely N-dealkylation sites (N-methyl/N-ethyl adjacent to an activating group) is 1. The molecule has 0 atom stereocenters. The number of carbonyl (C=O) groups is 1. The number of hydrogen-bond acceptors (Lipinski definition) is 3. The Labute approximate surface area is 129 Å². The molecule has 1 fully saturated rings. The molecule has 1 heterocycles. The lowest BCUT2D eigenvalue weighted by molar-refractivity contribution is -0.130. The maximum Gasteiger partial charge on any atom is 0.236 e. The van der Waals surface area contributed by atoms with E-state index in [1.165, 1.54) is 0 Å². The fourth-order valence-electron chi connectivity index (χ4n) is 2.37. The molecule has 0 radical (unpaired) electrons. The summed E-state index contributed by atoms with van der Waals surface area (Å²) in [5, 5.41) is 3.58. The number of amides is 1. The van der Waals surface area contributed by atoms with E-state index in [1.54, 1.807) is 4.90 Å². The lowest BCUT2D eigenvalue weighted by Gasteiger charge is -2.33. The fraction of sp³-hybridized carbons (Fsp3) is 0.533. The van der Waals surface area contributed by atoms with E-state index in [4.69, 9.17) is 0 Å². The first-order valence-electron chi connectivity index (χ1n) is 7.00. The molecule has 0 unspecified atom stereocenters. The quantitative estimate of drug-likeness (QED) is 0.914. The summed E-state index contributed by atoms with van der Waals surface area (Å²) < 4.78 is 1.10. The first kappa shape index (κ1) is 15.3. The summed E-state index contributed by atoms with van der Waals surface area (Å²) in [6.45, 7) is 2.48. The maximum atomic E-state index is 11.7. The largest absolute Gasteiger partial charge is 0.381 e. The van der Waals surface area contributed by atoms with Crippen molar-refractivity contribution in [1.29, 1.82) is 0 Å². The lowest BCUT2D eigenvalue weighted by Crippen LogP contribution is -2.43. The van der Waals surface area contributed by atoms with Crippen LogP contribution in [0.1, 0.15) is 12.8 Å². The summed E-state index contributed by atoms with van der Waals surface area (Å²) in [7, 11) is 3.62. The van der Waals surface area contributed by atoms with Gasteiger partial charge in [0.2, 0.25) is 5.91 Å². The molecule has 1 saturated heterocycles. The number of para-hydroxylation sites is 1. The Hall–Kier alpha value is -1.07. The van der Waals surface area contributed by atoms with Gasteiger partial charge in [-0.2, -0.15) is 0 Å². The molecule has 1 N–H and O–H groups in total. The molecule has 4 nitrogen and oxygen atoms in total. The fourth-order valence-corrected chi connectivity index (χ4v) is 2.77. The van der Waals surface area contributed by atoms with Crippen molar-refractivity contribution >= 4 is 27.5 Å². The Morgan fingerprint density at radius 1 is 1.35 bits per heavy atom. The van der Waals surface area contributed by atoms with Crippen LogP contribution in [-0.2, 0) is 4.79 Å². The molecule has 1 amide bonds. The summed E-state index contributed by atoms with van der Waals surface area (Å²) in [6.07, 6.45) is 2.14. The van der Waals surface area contributed by atoms with Crippen molar-refractivity contribution < 1.29 is 4.79 Å². The summed E-state index contributed by atoms with van der Waals surface area (Å²) in [5.74, 6) is 0.183. The highest BCUT2D eigenvalue weighted by Crippen LogP contribution is 2.24. The van der Waals surface area contributed by atoms with Gasteiger partial charge in [0.15, 0.2) is 0 Å². The third-order valence-corrected chi connectivity index (χ3v) is 4.37. The van der Waals surface area contributed by atoms with Crippen LogP contribution in [0.3, 0.4) is 0 Å². The first-order chi connectivity index (χ1) is 9.56. The van der Waals surface area contributed by atoms with E-state index in [9.17, 15) is 4.79 Å². The van der Waals surface area contributed by atoms with Gasteiger partial charge in [0.25, 0.3) is 0 Å². The van der Waals surface area contributed by atoms with Crippen molar-refractivity contribution in [2.45, 2.75) is 18.9 Å². The average Bonchev–Trinajstić information content (AvgIpc) is 2.43. The predicted octanol–water partition coefficient (Wildman–Crippen LogP) is 2.41. The van der Waals surface area contributed by atoms with Gasteiger partial charge < -0.3 is 10.2 Å². The number of benzene rings is 1. The summed E-state index contributed by atoms with van der Waals surface area (Å²) >= 11 is 3.56. The zero-order chi connectivity index (χ0) is 14.5. The number of halogens is 1. The second-order valence-corrected chi connectivity index (χ2v) is 6.32. The summed E-state index contributed by atoms with van der Waals surface area (Å²) in [5.41, 5.74) is 1.15. The molecule has 0 saturated carbocycles. The van der Waals surface area contributed by atoms with E-state index in [1.807, 2.05) is 32.3 Å². The van der Waals surface area contributed by atoms with Crippen LogP contribution in [0.5, 0.6) is 0 Å². The van der Waals surface area contributed by atoms with Crippen LogP contribution in [-0.4, -0.2) is 55.5 Å². The number of carbonyl (C=O) groups excluding carboxylic acids is 1. The second-order valence-electron chi connectivity index (χ2n) is 5.46. The van der Waals surface area contributed by atoms with Gasteiger partial charge in [-0.1, -0.05) is 12.1 Å². The normalized spacial score (nSPS) is 16.9. The SMILES string of the molecule is CN(C)C(=O)CN1CCC(Nc2ccccc2Br)CC1. The average molecular weight is 340 g/mol. The predicted molar refractivity (Wildman–Crippen MR) is 85.9 cm³/mol. The van der Waals surface area contributed by atoms with Crippen LogP contribution >= 0.6 is 15.9 Å².